The summed E-state index contributed by atoms with van der Waals surface area (Å²) >= 11 is 0. The van der Waals surface area contributed by atoms with Gasteiger partial charge in [0, 0.05) is 6.54 Å². The molecule has 6 heteroatoms. The first-order chi connectivity index (χ1) is 15.0. The van der Waals surface area contributed by atoms with Gasteiger partial charge in [0.2, 0.25) is 5.91 Å². The second-order valence-electron chi connectivity index (χ2n) is 10.1. The van der Waals surface area contributed by atoms with Gasteiger partial charge in [-0.05, 0) is 87.0 Å². The van der Waals surface area contributed by atoms with Crippen LogP contribution >= 0.6 is 0 Å². The SMILES string of the molecule is CCCOc1ccc(N2C(=O)CC(NCCOC34CC5CC(CC(C5)C3)C4)C2=O)cc1. The number of nitrogens with zero attached hydrogens (tertiary/aromatic N) is 1. The highest BCUT2D eigenvalue weighted by Gasteiger charge is 2.51. The number of ether oxygens (including phenoxy) is 2. The van der Waals surface area contributed by atoms with Gasteiger partial charge in [-0.1, -0.05) is 6.92 Å². The number of carbonyl (C=O) groups is 2. The Morgan fingerprint density at radius 2 is 1.65 bits per heavy atom. The Labute approximate surface area is 184 Å². The molecule has 6 rings (SSSR count). The molecule has 1 unspecified atom stereocenters. The first-order valence-electron chi connectivity index (χ1n) is 12.0. The molecule has 5 aliphatic rings. The van der Waals surface area contributed by atoms with E-state index in [4.69, 9.17) is 9.47 Å². The second kappa shape index (κ2) is 8.55. The number of amides is 2. The van der Waals surface area contributed by atoms with Crippen molar-refractivity contribution in [3.8, 4) is 5.75 Å². The maximum absolute atomic E-state index is 12.9. The molecule has 1 heterocycles. The molecule has 1 atom stereocenters. The predicted octanol–water partition coefficient (Wildman–Crippen LogP) is 3.68. The molecule has 31 heavy (non-hydrogen) atoms. The van der Waals surface area contributed by atoms with Gasteiger partial charge in [-0.2, -0.15) is 0 Å². The molecule has 1 saturated heterocycles. The Balaban J connectivity index is 1.12. The highest BCUT2D eigenvalue weighted by atomic mass is 16.5. The molecule has 168 valence electrons. The Morgan fingerprint density at radius 1 is 1.00 bits per heavy atom. The monoisotopic (exact) mass is 426 g/mol. The fourth-order valence-electron chi connectivity index (χ4n) is 6.68. The molecule has 1 aliphatic heterocycles. The van der Waals surface area contributed by atoms with E-state index < -0.39 is 6.04 Å². The Morgan fingerprint density at radius 3 is 2.26 bits per heavy atom. The summed E-state index contributed by atoms with van der Waals surface area (Å²) in [5.74, 6) is 3.00. The van der Waals surface area contributed by atoms with Gasteiger partial charge < -0.3 is 14.8 Å². The van der Waals surface area contributed by atoms with E-state index in [9.17, 15) is 9.59 Å². The van der Waals surface area contributed by atoms with Crippen molar-refractivity contribution in [2.24, 2.45) is 17.8 Å². The van der Waals surface area contributed by atoms with E-state index in [1.807, 2.05) is 12.1 Å². The van der Waals surface area contributed by atoms with Crippen LogP contribution in [-0.4, -0.2) is 43.2 Å². The standard InChI is InChI=1S/C25H34N2O4/c1-2-8-30-21-5-3-20(4-6-21)27-23(28)13-22(24(27)29)26-7-9-31-25-14-17-10-18(15-25)12-19(11-17)16-25/h3-6,17-19,22,26H,2,7-16H2,1H3. The van der Waals surface area contributed by atoms with Crippen molar-refractivity contribution >= 4 is 17.5 Å². The molecule has 1 aromatic carbocycles. The van der Waals surface area contributed by atoms with Crippen molar-refractivity contribution in [2.75, 3.05) is 24.7 Å². The zero-order valence-corrected chi connectivity index (χ0v) is 18.5. The molecule has 0 spiro atoms. The average molecular weight is 427 g/mol. The van der Waals surface area contributed by atoms with E-state index in [0.717, 1.165) is 29.9 Å². The number of imide groups is 1. The van der Waals surface area contributed by atoms with Gasteiger partial charge in [0.15, 0.2) is 0 Å². The Hall–Kier alpha value is -1.92. The normalized spacial score (nSPS) is 34.0. The highest BCUT2D eigenvalue weighted by Crippen LogP contribution is 2.57. The van der Waals surface area contributed by atoms with Gasteiger partial charge in [-0.3, -0.25) is 9.59 Å². The van der Waals surface area contributed by atoms with Crippen LogP contribution in [0.3, 0.4) is 0 Å². The maximum atomic E-state index is 12.9. The van der Waals surface area contributed by atoms with Crippen LogP contribution in [0.25, 0.3) is 0 Å². The zero-order chi connectivity index (χ0) is 21.4. The van der Waals surface area contributed by atoms with Crippen LogP contribution in [0.1, 0.15) is 58.3 Å². The summed E-state index contributed by atoms with van der Waals surface area (Å²) in [6.45, 7) is 3.91. The minimum absolute atomic E-state index is 0.0829. The molecular weight excluding hydrogens is 392 g/mol. The topological polar surface area (TPSA) is 67.9 Å². The summed E-state index contributed by atoms with van der Waals surface area (Å²) in [4.78, 5) is 26.7. The molecule has 2 amide bonds. The molecule has 6 nitrogen and oxygen atoms in total. The van der Waals surface area contributed by atoms with E-state index in [-0.39, 0.29) is 23.8 Å². The van der Waals surface area contributed by atoms with Gasteiger partial charge >= 0.3 is 0 Å². The summed E-state index contributed by atoms with van der Waals surface area (Å²) < 4.78 is 12.0. The van der Waals surface area contributed by atoms with E-state index in [0.29, 0.717) is 25.4 Å². The summed E-state index contributed by atoms with van der Waals surface area (Å²) in [5.41, 5.74) is 0.687. The van der Waals surface area contributed by atoms with Gasteiger partial charge in [0.25, 0.3) is 5.91 Å². The molecule has 4 bridgehead atoms. The van der Waals surface area contributed by atoms with Gasteiger partial charge in [0.05, 0.1) is 37.0 Å². The van der Waals surface area contributed by atoms with Crippen molar-refractivity contribution in [1.29, 1.82) is 0 Å². The van der Waals surface area contributed by atoms with E-state index in [1.54, 1.807) is 12.1 Å². The molecule has 4 aliphatic carbocycles. The van der Waals surface area contributed by atoms with Crippen LogP contribution in [0.4, 0.5) is 5.69 Å². The fourth-order valence-corrected chi connectivity index (χ4v) is 6.68. The lowest BCUT2D eigenvalue weighted by atomic mass is 9.54. The maximum Gasteiger partial charge on any atom is 0.251 e. The zero-order valence-electron chi connectivity index (χ0n) is 18.5. The smallest absolute Gasteiger partial charge is 0.251 e. The fraction of sp³-hybridized carbons (Fsp3) is 0.680. The summed E-state index contributed by atoms with van der Waals surface area (Å²) in [6.07, 6.45) is 8.99. The van der Waals surface area contributed by atoms with E-state index in [1.165, 1.54) is 43.4 Å². The van der Waals surface area contributed by atoms with Crippen molar-refractivity contribution in [3.05, 3.63) is 24.3 Å². The predicted molar refractivity (Wildman–Crippen MR) is 118 cm³/mol. The van der Waals surface area contributed by atoms with Gasteiger partial charge in [-0.25, -0.2) is 4.90 Å². The van der Waals surface area contributed by atoms with E-state index >= 15 is 0 Å². The van der Waals surface area contributed by atoms with E-state index in [2.05, 4.69) is 12.2 Å². The number of benzene rings is 1. The van der Waals surface area contributed by atoms with Crippen LogP contribution in [-0.2, 0) is 14.3 Å². The lowest BCUT2D eigenvalue weighted by Crippen LogP contribution is -2.52. The molecule has 5 fully saturated rings. The molecular formula is C25H34N2O4. The molecule has 1 N–H and O–H groups in total. The number of carbonyl (C=O) groups excluding carboxylic acids is 2. The van der Waals surface area contributed by atoms with Crippen LogP contribution < -0.4 is 15.0 Å². The minimum Gasteiger partial charge on any atom is -0.494 e. The average Bonchev–Trinajstić information content (AvgIpc) is 3.02. The first kappa shape index (κ1) is 21.0. The van der Waals surface area contributed by atoms with Crippen molar-refractivity contribution in [3.63, 3.8) is 0 Å². The number of nitrogens with one attached hydrogen (secondary N) is 1. The van der Waals surface area contributed by atoms with Crippen LogP contribution in [0, 0.1) is 17.8 Å². The Kier molecular flexibility index (Phi) is 5.78. The summed E-state index contributed by atoms with van der Waals surface area (Å²) in [7, 11) is 0. The van der Waals surface area contributed by atoms with Gasteiger partial charge in [-0.15, -0.1) is 0 Å². The van der Waals surface area contributed by atoms with Crippen LogP contribution in [0.2, 0.25) is 0 Å². The third-order valence-electron chi connectivity index (χ3n) is 7.60. The lowest BCUT2D eigenvalue weighted by Gasteiger charge is -2.56. The highest BCUT2D eigenvalue weighted by molar-refractivity contribution is 6.22. The molecule has 4 saturated carbocycles. The minimum atomic E-state index is -0.469. The molecule has 1 aromatic rings. The number of hydrogen-bond acceptors (Lipinski definition) is 5. The van der Waals surface area contributed by atoms with Crippen LogP contribution in [0.5, 0.6) is 5.75 Å². The van der Waals surface area contributed by atoms with Crippen molar-refractivity contribution in [1.82, 2.24) is 5.32 Å². The number of rotatable bonds is 9. The van der Waals surface area contributed by atoms with Crippen molar-refractivity contribution < 1.29 is 19.1 Å². The summed E-state index contributed by atoms with van der Waals surface area (Å²) in [6, 6.07) is 6.71. The Bertz CT molecular complexity index is 786. The quantitative estimate of drug-likeness (QED) is 0.482. The summed E-state index contributed by atoms with van der Waals surface area (Å²) in [5, 5.41) is 3.27. The first-order valence-corrected chi connectivity index (χ1v) is 12.0. The molecule has 0 aromatic heterocycles. The second-order valence-corrected chi connectivity index (χ2v) is 10.1. The van der Waals surface area contributed by atoms with Gasteiger partial charge in [0.1, 0.15) is 5.75 Å². The van der Waals surface area contributed by atoms with Crippen LogP contribution in [0.15, 0.2) is 24.3 Å². The largest absolute Gasteiger partial charge is 0.494 e. The third kappa shape index (κ3) is 4.24. The van der Waals surface area contributed by atoms with Crippen molar-refractivity contribution in [2.45, 2.75) is 69.9 Å². The lowest BCUT2D eigenvalue weighted by molar-refractivity contribution is -0.161. The third-order valence-corrected chi connectivity index (χ3v) is 7.60. The number of hydrogen-bond donors (Lipinski definition) is 1. The number of anilines is 1. The molecule has 0 radical (unpaired) electrons.